The van der Waals surface area contributed by atoms with Crippen LogP contribution in [-0.2, 0) is 10.3 Å². The molecule has 1 aliphatic heterocycles. The molecule has 0 saturated heterocycles. The third-order valence-corrected chi connectivity index (χ3v) is 5.15. The van der Waals surface area contributed by atoms with Gasteiger partial charge in [0.05, 0.1) is 12.6 Å². The second-order valence-electron chi connectivity index (χ2n) is 7.10. The number of nitrogens with zero attached hydrogens (tertiary/aromatic N) is 3. The molecule has 0 saturated carbocycles. The maximum absolute atomic E-state index is 14.7. The van der Waals surface area contributed by atoms with Crippen molar-refractivity contribution in [2.75, 3.05) is 25.7 Å². The minimum Gasteiger partial charge on any atom is -0.462 e. The second kappa shape index (κ2) is 9.15. The fraction of sp³-hybridized carbons (Fsp3) is 0.333. The second-order valence-corrected chi connectivity index (χ2v) is 7.10. The molecule has 2 aromatic rings. The number of hydrogen-bond acceptors (Lipinski definition) is 6. The van der Waals surface area contributed by atoms with Crippen LogP contribution in [0.5, 0.6) is 0 Å². The first-order valence-corrected chi connectivity index (χ1v) is 9.48. The number of alkyl halides is 2. The van der Waals surface area contributed by atoms with Crippen molar-refractivity contribution in [3.8, 4) is 0 Å². The normalized spacial score (nSPS) is 23.3. The van der Waals surface area contributed by atoms with Gasteiger partial charge in [-0.1, -0.05) is 0 Å². The van der Waals surface area contributed by atoms with E-state index in [1.807, 2.05) is 0 Å². The van der Waals surface area contributed by atoms with Crippen LogP contribution in [0.25, 0.3) is 0 Å². The van der Waals surface area contributed by atoms with E-state index in [1.165, 1.54) is 31.3 Å². The molecule has 3 N–H and O–H groups in total. The summed E-state index contributed by atoms with van der Waals surface area (Å²) in [6, 6.07) is 6.39. The van der Waals surface area contributed by atoms with Crippen molar-refractivity contribution >= 4 is 23.8 Å². The van der Waals surface area contributed by atoms with Gasteiger partial charge in [-0.05, 0) is 37.3 Å². The van der Waals surface area contributed by atoms with Crippen molar-refractivity contribution in [2.24, 2.45) is 21.6 Å². The van der Waals surface area contributed by atoms with Crippen molar-refractivity contribution in [1.29, 1.82) is 0 Å². The number of halogens is 3. The maximum atomic E-state index is 14.7. The summed E-state index contributed by atoms with van der Waals surface area (Å²) in [7, 11) is 1.61. The Morgan fingerprint density at radius 2 is 2.13 bits per heavy atom. The highest BCUT2D eigenvalue weighted by atomic mass is 19.1. The van der Waals surface area contributed by atoms with Gasteiger partial charge in [-0.25, -0.2) is 13.8 Å². The molecule has 1 aliphatic rings. The minimum atomic E-state index is -1.92. The van der Waals surface area contributed by atoms with E-state index in [-0.39, 0.29) is 23.0 Å². The van der Waals surface area contributed by atoms with Gasteiger partial charge < -0.3 is 15.8 Å². The number of ether oxygens (including phenoxy) is 1. The largest absolute Gasteiger partial charge is 0.462 e. The first-order chi connectivity index (χ1) is 14.8. The molecule has 1 amide bonds. The molecule has 31 heavy (non-hydrogen) atoms. The predicted octanol–water partition coefficient (Wildman–Crippen LogP) is 3.01. The molecule has 0 aliphatic carbocycles. The van der Waals surface area contributed by atoms with Crippen LogP contribution in [-0.4, -0.2) is 49.6 Å². The van der Waals surface area contributed by atoms with Gasteiger partial charge in [-0.15, -0.1) is 0 Å². The van der Waals surface area contributed by atoms with Crippen LogP contribution in [0.3, 0.4) is 0 Å². The Hall–Kier alpha value is -3.43. The third kappa shape index (κ3) is 4.37. The number of amides is 1. The van der Waals surface area contributed by atoms with Gasteiger partial charge in [0.1, 0.15) is 29.8 Å². The van der Waals surface area contributed by atoms with Gasteiger partial charge in [0, 0.05) is 36.3 Å². The molecular weight excluding hydrogens is 411 g/mol. The number of anilines is 1. The van der Waals surface area contributed by atoms with E-state index in [9.17, 15) is 18.0 Å². The van der Waals surface area contributed by atoms with E-state index in [4.69, 9.17) is 10.5 Å². The number of carbonyl (C=O) groups is 1. The number of aromatic nitrogens is 1. The highest BCUT2D eigenvalue weighted by Gasteiger charge is 2.49. The van der Waals surface area contributed by atoms with E-state index in [0.717, 1.165) is 6.07 Å². The third-order valence-electron chi connectivity index (χ3n) is 5.15. The zero-order valence-electron chi connectivity index (χ0n) is 17.0. The summed E-state index contributed by atoms with van der Waals surface area (Å²) in [6.45, 7) is -0.695. The van der Waals surface area contributed by atoms with Crippen LogP contribution < -0.4 is 11.1 Å². The van der Waals surface area contributed by atoms with E-state index >= 15 is 0 Å². The fourth-order valence-electron chi connectivity index (χ4n) is 3.58. The number of rotatable bonds is 6. The molecule has 0 spiro atoms. The highest BCUT2D eigenvalue weighted by Crippen LogP contribution is 2.42. The zero-order valence-corrected chi connectivity index (χ0v) is 17.0. The number of carbonyl (C=O) groups excluding carboxylic acids is 1. The quantitative estimate of drug-likeness (QED) is 0.684. The predicted molar refractivity (Wildman–Crippen MR) is 111 cm³/mol. The molecular formula is C21H22F3N5O2. The zero-order chi connectivity index (χ0) is 22.6. The standard InChI is InChI=1S/C21H22F3N5O2/c1-12-16(8-22)21(11-23,29-20(25)31-12)15-7-14(4-5-17(15)24)28-19(30)18-6-3-13(9-26-2)10-27-18/h3-7,9-10,12,16H,8,11H2,1-2H3,(H2,25,29)(H,28,30)/b26-9-/t12-,16+,21-/m1/s1. The molecule has 3 atom stereocenters. The molecule has 0 fully saturated rings. The molecule has 164 valence electrons. The molecule has 1 aromatic heterocycles. The Bertz CT molecular complexity index is 1010. The van der Waals surface area contributed by atoms with Gasteiger partial charge in [-0.2, -0.15) is 0 Å². The van der Waals surface area contributed by atoms with Gasteiger partial charge in [-0.3, -0.25) is 19.2 Å². The first kappa shape index (κ1) is 22.3. The van der Waals surface area contributed by atoms with Crippen molar-refractivity contribution in [3.05, 3.63) is 59.2 Å². The summed E-state index contributed by atoms with van der Waals surface area (Å²) in [6.07, 6.45) is 2.23. The van der Waals surface area contributed by atoms with Crippen LogP contribution >= 0.6 is 0 Å². The molecule has 0 radical (unpaired) electrons. The topological polar surface area (TPSA) is 102 Å². The number of nitrogens with two attached hydrogens (primary N) is 1. The van der Waals surface area contributed by atoms with Gasteiger partial charge in [0.25, 0.3) is 11.9 Å². The molecule has 0 unspecified atom stereocenters. The lowest BCUT2D eigenvalue weighted by Gasteiger charge is -2.41. The summed E-state index contributed by atoms with van der Waals surface area (Å²) < 4.78 is 48.0. The van der Waals surface area contributed by atoms with Crippen LogP contribution in [0.1, 0.15) is 28.5 Å². The van der Waals surface area contributed by atoms with E-state index in [1.54, 1.807) is 19.3 Å². The SMILES string of the molecule is C/N=C\c1ccc(C(=O)Nc2ccc(F)c([C@@]3(CF)N=C(N)O[C@H](C)[C@@H]3CF)c2)nc1. The summed E-state index contributed by atoms with van der Waals surface area (Å²) >= 11 is 0. The molecule has 2 heterocycles. The van der Waals surface area contributed by atoms with E-state index < -0.39 is 42.6 Å². The van der Waals surface area contributed by atoms with Crippen molar-refractivity contribution in [2.45, 2.75) is 18.6 Å². The van der Waals surface area contributed by atoms with E-state index in [2.05, 4.69) is 20.3 Å². The van der Waals surface area contributed by atoms with Crippen LogP contribution in [0, 0.1) is 11.7 Å². The average Bonchev–Trinajstić information content (AvgIpc) is 2.75. The van der Waals surface area contributed by atoms with Crippen molar-refractivity contribution in [1.82, 2.24) is 4.98 Å². The number of amidine groups is 1. The number of aliphatic imine (C=N–C) groups is 2. The average molecular weight is 433 g/mol. The maximum Gasteiger partial charge on any atom is 0.283 e. The van der Waals surface area contributed by atoms with Crippen LogP contribution in [0.4, 0.5) is 18.9 Å². The Kier molecular flexibility index (Phi) is 6.57. The first-order valence-electron chi connectivity index (χ1n) is 9.48. The van der Waals surface area contributed by atoms with Gasteiger partial charge in [0.2, 0.25) is 0 Å². The number of nitrogens with one attached hydrogen (secondary N) is 1. The Morgan fingerprint density at radius 3 is 2.74 bits per heavy atom. The lowest BCUT2D eigenvalue weighted by molar-refractivity contribution is 0.0242. The molecule has 7 nitrogen and oxygen atoms in total. The summed E-state index contributed by atoms with van der Waals surface area (Å²) in [5.74, 6) is -2.47. The number of hydrogen-bond donors (Lipinski definition) is 2. The molecule has 10 heteroatoms. The Labute approximate surface area is 177 Å². The number of benzene rings is 1. The molecule has 0 bridgehead atoms. The Morgan fingerprint density at radius 1 is 1.35 bits per heavy atom. The minimum absolute atomic E-state index is 0.114. The lowest BCUT2D eigenvalue weighted by Crippen LogP contribution is -2.50. The summed E-state index contributed by atoms with van der Waals surface area (Å²) in [5.41, 5.74) is 4.49. The highest BCUT2D eigenvalue weighted by molar-refractivity contribution is 6.03. The van der Waals surface area contributed by atoms with Crippen molar-refractivity contribution < 1.29 is 22.7 Å². The Balaban J connectivity index is 1.95. The smallest absolute Gasteiger partial charge is 0.283 e. The van der Waals surface area contributed by atoms with Gasteiger partial charge in [0.15, 0.2) is 0 Å². The molecule has 1 aromatic carbocycles. The monoisotopic (exact) mass is 433 g/mol. The molecule has 3 rings (SSSR count). The van der Waals surface area contributed by atoms with Gasteiger partial charge >= 0.3 is 0 Å². The van der Waals surface area contributed by atoms with Crippen LogP contribution in [0.2, 0.25) is 0 Å². The van der Waals surface area contributed by atoms with E-state index in [0.29, 0.717) is 5.56 Å². The number of pyridine rings is 1. The summed E-state index contributed by atoms with van der Waals surface area (Å²) in [4.78, 5) is 24.4. The fourth-order valence-corrected chi connectivity index (χ4v) is 3.58. The lowest BCUT2D eigenvalue weighted by atomic mass is 9.76. The summed E-state index contributed by atoms with van der Waals surface area (Å²) in [5, 5.41) is 2.58. The van der Waals surface area contributed by atoms with Crippen LogP contribution in [0.15, 0.2) is 46.5 Å². The van der Waals surface area contributed by atoms with Crippen molar-refractivity contribution in [3.63, 3.8) is 0 Å².